The minimum Gasteiger partial charge on any atom is -0.370 e. The number of unbranched alkanes of at least 4 members (excludes halogenated alkanes) is 3. The molecule has 1 nitrogen and oxygen atoms in total. The van der Waals surface area contributed by atoms with Crippen LogP contribution in [0.1, 0.15) is 25.7 Å². The molecule has 0 aliphatic heterocycles. The van der Waals surface area contributed by atoms with Gasteiger partial charge in [0.2, 0.25) is 0 Å². The molecular weight excluding hydrogens is 164 g/mol. The van der Waals surface area contributed by atoms with Crippen LogP contribution in [0.3, 0.4) is 0 Å². The summed E-state index contributed by atoms with van der Waals surface area (Å²) in [5.74, 6) is 0.702. The highest BCUT2D eigenvalue weighted by Gasteiger charge is 1.87. The first-order valence-corrected chi connectivity index (χ1v) is 5.59. The van der Waals surface area contributed by atoms with E-state index in [-0.39, 0.29) is 0 Å². The predicted octanol–water partition coefficient (Wildman–Crippen LogP) is 2.93. The molecule has 1 radical (unpaired) electrons. The van der Waals surface area contributed by atoms with Crippen LogP contribution in [0.25, 0.3) is 0 Å². The second-order valence-corrected chi connectivity index (χ2v) is 3.34. The average molecular weight is 179 g/mol. The Balaban J connectivity index is 2.65. The van der Waals surface area contributed by atoms with Crippen molar-refractivity contribution in [2.24, 2.45) is 0 Å². The van der Waals surface area contributed by atoms with Crippen molar-refractivity contribution >= 4 is 22.5 Å². The lowest BCUT2D eigenvalue weighted by molar-refractivity contribution is 0.178. The van der Waals surface area contributed by atoms with Gasteiger partial charge in [0.25, 0.3) is 0 Å². The van der Waals surface area contributed by atoms with Crippen molar-refractivity contribution in [3.63, 3.8) is 0 Å². The Kier molecular flexibility index (Phi) is 10.3. The van der Waals surface area contributed by atoms with Gasteiger partial charge in [0.1, 0.15) is 5.94 Å². The van der Waals surface area contributed by atoms with Gasteiger partial charge in [0.15, 0.2) is 0 Å². The zero-order chi connectivity index (χ0) is 7.66. The molecular formula is C7H15OS2. The number of hydrogen-bond donors (Lipinski definition) is 1. The molecule has 0 aliphatic carbocycles. The molecule has 0 bridgehead atoms. The maximum absolute atomic E-state index is 5.20. The fourth-order valence-corrected chi connectivity index (χ4v) is 1.07. The summed E-state index contributed by atoms with van der Waals surface area (Å²) < 4.78 is 5.20. The molecule has 3 heteroatoms. The zero-order valence-electron chi connectivity index (χ0n) is 6.21. The van der Waals surface area contributed by atoms with Gasteiger partial charge in [0, 0.05) is 6.61 Å². The van der Waals surface area contributed by atoms with Crippen LogP contribution in [-0.2, 0) is 4.74 Å². The van der Waals surface area contributed by atoms with E-state index in [1.54, 1.807) is 0 Å². The summed E-state index contributed by atoms with van der Waals surface area (Å²) in [6.45, 7) is 4.63. The average Bonchev–Trinajstić information content (AvgIpc) is 1.97. The van der Waals surface area contributed by atoms with Gasteiger partial charge in [0.05, 0.1) is 0 Å². The Morgan fingerprint density at radius 2 is 2.10 bits per heavy atom. The lowest BCUT2D eigenvalue weighted by Gasteiger charge is -1.99. The molecule has 0 saturated carbocycles. The first kappa shape index (κ1) is 10.7. The number of hydrogen-bond acceptors (Lipinski definition) is 3. The summed E-state index contributed by atoms with van der Waals surface area (Å²) in [5, 5.41) is 0. The molecule has 0 spiro atoms. The second-order valence-electron chi connectivity index (χ2n) is 2.07. The van der Waals surface area contributed by atoms with Gasteiger partial charge in [-0.15, -0.1) is 11.7 Å². The third-order valence-electron chi connectivity index (χ3n) is 1.17. The van der Waals surface area contributed by atoms with Crippen molar-refractivity contribution in [2.75, 3.05) is 12.5 Å². The fraction of sp³-hybridized carbons (Fsp3) is 0.857. The van der Waals surface area contributed by atoms with Crippen LogP contribution in [0.4, 0.5) is 0 Å². The molecule has 0 rings (SSSR count). The maximum atomic E-state index is 5.20. The van der Waals surface area contributed by atoms with Crippen molar-refractivity contribution in [3.05, 3.63) is 6.92 Å². The Morgan fingerprint density at radius 1 is 1.30 bits per heavy atom. The van der Waals surface area contributed by atoms with Gasteiger partial charge < -0.3 is 4.74 Å². The molecule has 0 saturated heterocycles. The van der Waals surface area contributed by atoms with E-state index in [1.165, 1.54) is 23.6 Å². The van der Waals surface area contributed by atoms with E-state index < -0.39 is 0 Å². The summed E-state index contributed by atoms with van der Waals surface area (Å²) >= 11 is 3.95. The van der Waals surface area contributed by atoms with Crippen LogP contribution in [0.5, 0.6) is 0 Å². The highest BCUT2D eigenvalue weighted by Crippen LogP contribution is 2.05. The van der Waals surface area contributed by atoms with Crippen molar-refractivity contribution in [2.45, 2.75) is 25.7 Å². The van der Waals surface area contributed by atoms with E-state index in [4.69, 9.17) is 4.74 Å². The van der Waals surface area contributed by atoms with Crippen molar-refractivity contribution in [1.29, 1.82) is 0 Å². The van der Waals surface area contributed by atoms with Gasteiger partial charge in [-0.05, 0) is 6.42 Å². The van der Waals surface area contributed by atoms with Crippen molar-refractivity contribution < 1.29 is 4.74 Å². The molecule has 0 heterocycles. The molecule has 10 heavy (non-hydrogen) atoms. The highest BCUT2D eigenvalue weighted by molar-refractivity contribution is 8.68. The Hall–Kier alpha value is 0.660. The molecule has 61 valence electrons. The number of ether oxygens (including phenoxy) is 1. The van der Waals surface area contributed by atoms with Crippen molar-refractivity contribution in [1.82, 2.24) is 0 Å². The first-order valence-electron chi connectivity index (χ1n) is 3.55. The lowest BCUT2D eigenvalue weighted by Crippen LogP contribution is -1.91. The number of thiol groups is 1. The summed E-state index contributed by atoms with van der Waals surface area (Å²) in [6.07, 6.45) is 4.66. The summed E-state index contributed by atoms with van der Waals surface area (Å²) in [5.41, 5.74) is 0. The van der Waals surface area contributed by atoms with Gasteiger partial charge >= 0.3 is 0 Å². The second kappa shape index (κ2) is 9.66. The molecule has 0 aromatic rings. The molecule has 0 atom stereocenters. The minimum absolute atomic E-state index is 0.702. The van der Waals surface area contributed by atoms with Crippen LogP contribution >= 0.6 is 22.5 Å². The standard InChI is InChI=1S/C7H15OS2/c1-2-3-4-5-6-8-7-10-9/h9H,1-7H2. The smallest absolute Gasteiger partial charge is 0.102 e. The van der Waals surface area contributed by atoms with Crippen molar-refractivity contribution in [3.8, 4) is 0 Å². The van der Waals surface area contributed by atoms with Crippen LogP contribution in [-0.4, -0.2) is 12.5 Å². The normalized spacial score (nSPS) is 10.2. The quantitative estimate of drug-likeness (QED) is 0.278. The Bertz CT molecular complexity index is 51.6. The van der Waals surface area contributed by atoms with E-state index in [2.05, 4.69) is 18.6 Å². The summed E-state index contributed by atoms with van der Waals surface area (Å²) in [6, 6.07) is 0. The zero-order valence-corrected chi connectivity index (χ0v) is 7.92. The van der Waals surface area contributed by atoms with Gasteiger partial charge in [-0.2, -0.15) is 0 Å². The third-order valence-corrected chi connectivity index (χ3v) is 1.76. The molecule has 0 aromatic carbocycles. The van der Waals surface area contributed by atoms with E-state index >= 15 is 0 Å². The predicted molar refractivity (Wildman–Crippen MR) is 51.2 cm³/mol. The monoisotopic (exact) mass is 179 g/mol. The van der Waals surface area contributed by atoms with E-state index in [1.807, 2.05) is 0 Å². The third kappa shape index (κ3) is 8.66. The maximum Gasteiger partial charge on any atom is 0.102 e. The van der Waals surface area contributed by atoms with Gasteiger partial charge in [-0.1, -0.05) is 37.0 Å². The summed E-state index contributed by atoms with van der Waals surface area (Å²) in [7, 11) is 1.43. The molecule has 0 unspecified atom stereocenters. The SMILES string of the molecule is [CH2]CCCCCOCSS. The van der Waals surface area contributed by atoms with E-state index in [0.29, 0.717) is 5.94 Å². The van der Waals surface area contributed by atoms with Crippen LogP contribution in [0, 0.1) is 6.92 Å². The molecule has 0 fully saturated rings. The fourth-order valence-electron chi connectivity index (χ4n) is 0.654. The van der Waals surface area contributed by atoms with Gasteiger partial charge in [-0.25, -0.2) is 0 Å². The van der Waals surface area contributed by atoms with Crippen LogP contribution < -0.4 is 0 Å². The Morgan fingerprint density at radius 3 is 2.70 bits per heavy atom. The largest absolute Gasteiger partial charge is 0.370 e. The molecule has 0 aliphatic rings. The molecule has 0 aromatic heterocycles. The lowest BCUT2D eigenvalue weighted by atomic mass is 10.2. The molecule has 0 N–H and O–H groups in total. The topological polar surface area (TPSA) is 9.23 Å². The van der Waals surface area contributed by atoms with Gasteiger partial charge in [-0.3, -0.25) is 0 Å². The minimum atomic E-state index is 0.702. The molecule has 0 amide bonds. The summed E-state index contributed by atoms with van der Waals surface area (Å²) in [4.78, 5) is 0. The van der Waals surface area contributed by atoms with E-state index in [0.717, 1.165) is 19.4 Å². The highest BCUT2D eigenvalue weighted by atomic mass is 33.1. The Labute approximate surface area is 72.7 Å². The first-order chi connectivity index (χ1) is 4.91. The van der Waals surface area contributed by atoms with Crippen LogP contribution in [0.15, 0.2) is 0 Å². The van der Waals surface area contributed by atoms with E-state index in [9.17, 15) is 0 Å². The number of rotatable bonds is 7. The van der Waals surface area contributed by atoms with Crippen LogP contribution in [0.2, 0.25) is 0 Å².